The topological polar surface area (TPSA) is 216 Å². The first-order valence-corrected chi connectivity index (χ1v) is 19.3. The minimum Gasteiger partial charge on any atom is -0.481 e. The molecule has 3 amide bonds. The number of carbonyl (C=O) groups is 6. The Morgan fingerprint density at radius 2 is 1.02 bits per heavy atom. The van der Waals surface area contributed by atoms with Crippen LogP contribution in [-0.4, -0.2) is 118 Å². The molecule has 0 fully saturated rings. The lowest BCUT2D eigenvalue weighted by molar-refractivity contribution is -0.142. The van der Waals surface area contributed by atoms with Gasteiger partial charge in [0.05, 0.1) is 33.0 Å². The maximum absolute atomic E-state index is 12.2. The minimum absolute atomic E-state index is 0.00510. The summed E-state index contributed by atoms with van der Waals surface area (Å²) < 4.78 is 21.3. The number of carbonyl (C=O) groups excluding carboxylic acids is 4. The van der Waals surface area contributed by atoms with Crippen LogP contribution in [0.1, 0.15) is 129 Å². The molecule has 0 heterocycles. The van der Waals surface area contributed by atoms with Crippen molar-refractivity contribution >= 4 is 35.4 Å². The van der Waals surface area contributed by atoms with Crippen LogP contribution in [0, 0.1) is 0 Å². The maximum atomic E-state index is 12.2. The normalized spacial score (nSPS) is 11.6. The molecule has 15 nitrogen and oxygen atoms in total. The number of carboxylic acids is 2. The summed E-state index contributed by atoms with van der Waals surface area (Å²) >= 11 is 0. The highest BCUT2D eigenvalue weighted by Crippen LogP contribution is 2.12. The van der Waals surface area contributed by atoms with Crippen LogP contribution in [-0.2, 0) is 47.7 Å². The number of carboxylic acid groups (broad SMARTS) is 2. The van der Waals surface area contributed by atoms with E-state index in [1.54, 1.807) is 0 Å². The lowest BCUT2D eigenvalue weighted by Crippen LogP contribution is -2.41. The zero-order valence-corrected chi connectivity index (χ0v) is 31.6. The van der Waals surface area contributed by atoms with Gasteiger partial charge in [-0.25, -0.2) is 4.79 Å². The second kappa shape index (κ2) is 36.2. The average Bonchev–Trinajstić information content (AvgIpc) is 3.10. The largest absolute Gasteiger partial charge is 0.481 e. The summed E-state index contributed by atoms with van der Waals surface area (Å²) in [6.45, 7) is 4.62. The molecule has 0 rings (SSSR count). The van der Waals surface area contributed by atoms with Gasteiger partial charge < -0.3 is 45.1 Å². The van der Waals surface area contributed by atoms with E-state index in [-0.39, 0.29) is 88.6 Å². The van der Waals surface area contributed by atoms with Crippen LogP contribution in [0.5, 0.6) is 0 Å². The second-order valence-corrected chi connectivity index (χ2v) is 12.8. The fourth-order valence-corrected chi connectivity index (χ4v) is 5.04. The first-order chi connectivity index (χ1) is 25.1. The van der Waals surface area contributed by atoms with Crippen LogP contribution in [0.3, 0.4) is 0 Å². The smallest absolute Gasteiger partial charge is 0.326 e. The molecular weight excluding hydrogens is 678 g/mol. The maximum Gasteiger partial charge on any atom is 0.326 e. The molecule has 1 atom stereocenters. The standard InChI is InChI=1S/C37H67N3O12/c1-2-3-14-21-38-34(43)29-52-28-26-50-24-22-39-35(44)30-51-27-25-49-23-15-16-31(41)19-20-32(37(47)48)40-33(42)17-12-10-8-6-4-5-7-9-11-13-18-36(45)46/h32H,2-30H2,1H3,(H,38,43)(H,39,44)(H,40,42)(H,45,46)(H,47,48)/t32-/m0/s1. The first-order valence-electron chi connectivity index (χ1n) is 19.3. The molecule has 0 aromatic heterocycles. The summed E-state index contributed by atoms with van der Waals surface area (Å²) in [5, 5.41) is 26.1. The van der Waals surface area contributed by atoms with Gasteiger partial charge in [-0.3, -0.25) is 24.0 Å². The first kappa shape index (κ1) is 48.9. The number of ether oxygens (including phenoxy) is 4. The number of hydrogen-bond donors (Lipinski definition) is 5. The van der Waals surface area contributed by atoms with Gasteiger partial charge in [-0.1, -0.05) is 71.1 Å². The molecule has 0 bridgehead atoms. The summed E-state index contributed by atoms with van der Waals surface area (Å²) in [5.74, 6) is -2.76. The van der Waals surface area contributed by atoms with E-state index in [2.05, 4.69) is 22.9 Å². The number of hydrogen-bond acceptors (Lipinski definition) is 10. The summed E-state index contributed by atoms with van der Waals surface area (Å²) in [7, 11) is 0. The molecule has 15 heteroatoms. The molecule has 5 N–H and O–H groups in total. The van der Waals surface area contributed by atoms with Gasteiger partial charge in [-0.2, -0.15) is 0 Å². The molecule has 302 valence electrons. The molecule has 0 radical (unpaired) electrons. The number of unbranched alkanes of at least 4 members (excludes halogenated alkanes) is 11. The Bertz CT molecular complexity index is 966. The molecule has 0 aliphatic rings. The fourth-order valence-electron chi connectivity index (χ4n) is 5.04. The van der Waals surface area contributed by atoms with Crippen LogP contribution in [0.2, 0.25) is 0 Å². The Morgan fingerprint density at radius 1 is 0.500 bits per heavy atom. The molecule has 0 saturated heterocycles. The van der Waals surface area contributed by atoms with Crippen molar-refractivity contribution in [3.63, 3.8) is 0 Å². The van der Waals surface area contributed by atoms with Crippen molar-refractivity contribution in [2.75, 3.05) is 65.9 Å². The molecule has 0 saturated carbocycles. The van der Waals surface area contributed by atoms with Gasteiger partial charge in [-0.05, 0) is 32.1 Å². The Labute approximate surface area is 310 Å². The van der Waals surface area contributed by atoms with Crippen molar-refractivity contribution in [2.45, 2.75) is 135 Å². The predicted molar refractivity (Wildman–Crippen MR) is 195 cm³/mol. The van der Waals surface area contributed by atoms with E-state index < -0.39 is 18.0 Å². The summed E-state index contributed by atoms with van der Waals surface area (Å²) in [4.78, 5) is 70.0. The zero-order valence-electron chi connectivity index (χ0n) is 31.6. The van der Waals surface area contributed by atoms with E-state index in [0.717, 1.165) is 77.0 Å². The van der Waals surface area contributed by atoms with E-state index in [4.69, 9.17) is 24.1 Å². The molecule has 0 aromatic rings. The lowest BCUT2D eigenvalue weighted by Gasteiger charge is -2.14. The van der Waals surface area contributed by atoms with Crippen LogP contribution in [0.15, 0.2) is 0 Å². The molecule has 0 unspecified atom stereocenters. The van der Waals surface area contributed by atoms with Crippen molar-refractivity contribution in [3.8, 4) is 0 Å². The van der Waals surface area contributed by atoms with Gasteiger partial charge in [-0.15, -0.1) is 0 Å². The van der Waals surface area contributed by atoms with Gasteiger partial charge in [0.1, 0.15) is 25.0 Å². The van der Waals surface area contributed by atoms with Crippen molar-refractivity contribution in [1.29, 1.82) is 0 Å². The van der Waals surface area contributed by atoms with Crippen LogP contribution >= 0.6 is 0 Å². The third kappa shape index (κ3) is 35.3. The minimum atomic E-state index is -1.16. The van der Waals surface area contributed by atoms with E-state index in [9.17, 15) is 33.9 Å². The summed E-state index contributed by atoms with van der Waals surface area (Å²) in [5.41, 5.74) is 0. The Balaban J connectivity index is 3.67. The quantitative estimate of drug-likeness (QED) is 0.0566. The SMILES string of the molecule is CCCCCNC(=O)COCCOCCNC(=O)COCCOCCCC(=O)CC[C@H](NC(=O)CCCCCCCCCCCCC(=O)O)C(=O)O. The van der Waals surface area contributed by atoms with Gasteiger partial charge in [0.2, 0.25) is 17.7 Å². The highest BCUT2D eigenvalue weighted by Gasteiger charge is 2.20. The Hall–Kier alpha value is -3.14. The third-order valence-electron chi connectivity index (χ3n) is 8.02. The predicted octanol–water partition coefficient (Wildman–Crippen LogP) is 3.94. The number of amides is 3. The van der Waals surface area contributed by atoms with E-state index >= 15 is 0 Å². The lowest BCUT2D eigenvalue weighted by atomic mass is 10.0. The average molecular weight is 746 g/mol. The van der Waals surface area contributed by atoms with Crippen molar-refractivity contribution < 1.29 is 57.9 Å². The third-order valence-corrected chi connectivity index (χ3v) is 8.02. The number of Topliss-reactive ketones (excluding diaryl/α,β-unsaturated/α-hetero) is 1. The number of nitrogens with one attached hydrogen (secondary N) is 3. The van der Waals surface area contributed by atoms with Gasteiger partial charge in [0.25, 0.3) is 0 Å². The second-order valence-electron chi connectivity index (χ2n) is 12.8. The van der Waals surface area contributed by atoms with E-state index in [1.807, 2.05) is 0 Å². The van der Waals surface area contributed by atoms with E-state index in [0.29, 0.717) is 45.8 Å². The van der Waals surface area contributed by atoms with Crippen molar-refractivity contribution in [3.05, 3.63) is 0 Å². The van der Waals surface area contributed by atoms with E-state index in [1.165, 1.54) is 0 Å². The van der Waals surface area contributed by atoms with Gasteiger partial charge >= 0.3 is 11.9 Å². The van der Waals surface area contributed by atoms with Crippen LogP contribution in [0.4, 0.5) is 0 Å². The molecule has 0 spiro atoms. The fraction of sp³-hybridized carbons (Fsp3) is 0.838. The molecule has 52 heavy (non-hydrogen) atoms. The van der Waals surface area contributed by atoms with Crippen LogP contribution < -0.4 is 16.0 Å². The number of aliphatic carboxylic acids is 2. The summed E-state index contributed by atoms with van der Waals surface area (Å²) in [6, 6.07) is -1.10. The van der Waals surface area contributed by atoms with Gasteiger partial charge in [0.15, 0.2) is 0 Å². The van der Waals surface area contributed by atoms with Gasteiger partial charge in [0, 0.05) is 45.4 Å². The number of rotatable bonds is 39. The highest BCUT2D eigenvalue weighted by atomic mass is 16.5. The van der Waals surface area contributed by atoms with Crippen molar-refractivity contribution in [1.82, 2.24) is 16.0 Å². The zero-order chi connectivity index (χ0) is 38.5. The molecule has 0 aliphatic carbocycles. The molecular formula is C37H67N3O12. The molecule has 0 aliphatic heterocycles. The molecule has 0 aromatic carbocycles. The summed E-state index contributed by atoms with van der Waals surface area (Å²) in [6.07, 6.45) is 14.1. The highest BCUT2D eigenvalue weighted by molar-refractivity contribution is 5.84. The monoisotopic (exact) mass is 745 g/mol. The Morgan fingerprint density at radius 3 is 1.58 bits per heavy atom. The Kier molecular flexibility index (Phi) is 34.0. The number of ketones is 1. The van der Waals surface area contributed by atoms with Crippen LogP contribution in [0.25, 0.3) is 0 Å². The van der Waals surface area contributed by atoms with Crippen molar-refractivity contribution in [2.24, 2.45) is 0 Å².